The van der Waals surface area contributed by atoms with E-state index in [1.165, 1.54) is 64.7 Å². The van der Waals surface area contributed by atoms with Crippen molar-refractivity contribution in [2.24, 2.45) is 11.8 Å². The van der Waals surface area contributed by atoms with Crippen molar-refractivity contribution >= 4 is 0 Å². The number of likely N-dealkylation sites (tertiary alicyclic amines) is 2. The number of hydrogen-bond acceptors (Lipinski definition) is 4. The zero-order valence-electron chi connectivity index (χ0n) is 17.9. The van der Waals surface area contributed by atoms with Gasteiger partial charge >= 0.3 is 0 Å². The third kappa shape index (κ3) is 8.24. The van der Waals surface area contributed by atoms with Crippen molar-refractivity contribution in [2.45, 2.75) is 78.4 Å². The summed E-state index contributed by atoms with van der Waals surface area (Å²) in [6, 6.07) is 0.554. The molecule has 4 atom stereocenters. The fourth-order valence-corrected chi connectivity index (χ4v) is 4.09. The number of hydrogen-bond donors (Lipinski definition) is 0. The van der Waals surface area contributed by atoms with Gasteiger partial charge in [0.25, 0.3) is 0 Å². The fraction of sp³-hybridized carbons (Fsp3) is 1.00. The van der Waals surface area contributed by atoms with Gasteiger partial charge in [0.15, 0.2) is 0 Å². The van der Waals surface area contributed by atoms with Gasteiger partial charge in [-0.15, -0.1) is 0 Å². The lowest BCUT2D eigenvalue weighted by Crippen LogP contribution is -2.40. The van der Waals surface area contributed by atoms with E-state index in [1.54, 1.807) is 0 Å². The molecule has 0 N–H and O–H groups in total. The third-order valence-corrected chi connectivity index (χ3v) is 6.33. The van der Waals surface area contributed by atoms with Gasteiger partial charge in [-0.3, -0.25) is 4.90 Å². The van der Waals surface area contributed by atoms with Crippen molar-refractivity contribution in [1.29, 1.82) is 0 Å². The smallest absolute Gasteiger partial charge is 0.0674 e. The minimum absolute atomic E-state index is 0.336. The highest BCUT2D eigenvalue weighted by atomic mass is 16.5. The molecule has 154 valence electrons. The largest absolute Gasteiger partial charge is 0.380 e. The standard InChI is InChI=1S/C22H44N2O2/c1-19(16-25-18-21(3)24-13-9-6-10-14-24)20(2)17-26-22(4)15-23-11-7-5-8-12-23/h19-22H,5-18H2,1-4H3. The topological polar surface area (TPSA) is 24.9 Å². The van der Waals surface area contributed by atoms with Crippen LogP contribution in [0.4, 0.5) is 0 Å². The normalized spacial score (nSPS) is 24.9. The monoisotopic (exact) mass is 368 g/mol. The Morgan fingerprint density at radius 3 is 1.92 bits per heavy atom. The van der Waals surface area contributed by atoms with Crippen LogP contribution >= 0.6 is 0 Å². The van der Waals surface area contributed by atoms with Crippen LogP contribution in [0.15, 0.2) is 0 Å². The molecule has 0 bridgehead atoms. The van der Waals surface area contributed by atoms with Crippen molar-refractivity contribution in [1.82, 2.24) is 9.80 Å². The Kier molecular flexibility index (Phi) is 10.5. The van der Waals surface area contributed by atoms with Crippen LogP contribution in [-0.4, -0.2) is 74.5 Å². The summed E-state index contributed by atoms with van der Waals surface area (Å²) in [6.45, 7) is 17.8. The van der Waals surface area contributed by atoms with Gasteiger partial charge in [-0.25, -0.2) is 0 Å². The summed E-state index contributed by atoms with van der Waals surface area (Å²) < 4.78 is 12.2. The lowest BCUT2D eigenvalue weighted by Gasteiger charge is -2.32. The van der Waals surface area contributed by atoms with Gasteiger partial charge in [-0.2, -0.15) is 0 Å². The predicted octanol–water partition coefficient (Wildman–Crippen LogP) is 4.04. The van der Waals surface area contributed by atoms with E-state index >= 15 is 0 Å². The van der Waals surface area contributed by atoms with E-state index in [1.807, 2.05) is 0 Å². The van der Waals surface area contributed by atoms with Crippen LogP contribution < -0.4 is 0 Å². The molecule has 0 spiro atoms. The van der Waals surface area contributed by atoms with Crippen molar-refractivity contribution in [3.05, 3.63) is 0 Å². The number of ether oxygens (including phenoxy) is 2. The van der Waals surface area contributed by atoms with Crippen LogP contribution in [0.5, 0.6) is 0 Å². The Morgan fingerprint density at radius 2 is 1.27 bits per heavy atom. The second kappa shape index (κ2) is 12.3. The van der Waals surface area contributed by atoms with Crippen molar-refractivity contribution in [3.8, 4) is 0 Å². The Labute approximate surface area is 162 Å². The summed E-state index contributed by atoms with van der Waals surface area (Å²) in [6.07, 6.45) is 8.55. The molecule has 2 heterocycles. The molecule has 2 aliphatic rings. The van der Waals surface area contributed by atoms with E-state index in [-0.39, 0.29) is 0 Å². The molecule has 4 heteroatoms. The van der Waals surface area contributed by atoms with Gasteiger partial charge in [0, 0.05) is 25.8 Å². The first kappa shape index (κ1) is 22.1. The minimum atomic E-state index is 0.336. The SMILES string of the molecule is CC(CN1CCCCC1)OCC(C)C(C)COCC(C)N1CCCCC1. The molecule has 2 saturated heterocycles. The zero-order valence-corrected chi connectivity index (χ0v) is 17.9. The quantitative estimate of drug-likeness (QED) is 0.549. The summed E-state index contributed by atoms with van der Waals surface area (Å²) in [7, 11) is 0. The van der Waals surface area contributed by atoms with Crippen LogP contribution in [0.1, 0.15) is 66.2 Å². The number of rotatable bonds is 11. The predicted molar refractivity (Wildman–Crippen MR) is 110 cm³/mol. The molecule has 0 aliphatic carbocycles. The average molecular weight is 369 g/mol. The highest BCUT2D eigenvalue weighted by Gasteiger charge is 2.19. The molecule has 4 nitrogen and oxygen atoms in total. The van der Waals surface area contributed by atoms with E-state index < -0.39 is 0 Å². The summed E-state index contributed by atoms with van der Waals surface area (Å²) in [4.78, 5) is 5.15. The van der Waals surface area contributed by atoms with Gasteiger partial charge < -0.3 is 14.4 Å². The van der Waals surface area contributed by atoms with Gasteiger partial charge in [-0.1, -0.05) is 26.7 Å². The minimum Gasteiger partial charge on any atom is -0.380 e. The molecule has 0 aromatic heterocycles. The second-order valence-electron chi connectivity index (χ2n) is 8.94. The summed E-state index contributed by atoms with van der Waals surface area (Å²) in [5.41, 5.74) is 0. The summed E-state index contributed by atoms with van der Waals surface area (Å²) in [5.74, 6) is 1.09. The Balaban J connectivity index is 1.54. The molecule has 0 aromatic carbocycles. The molecule has 0 aromatic rings. The fourth-order valence-electron chi connectivity index (χ4n) is 4.09. The number of nitrogens with zero attached hydrogens (tertiary/aromatic N) is 2. The first-order chi connectivity index (χ1) is 12.6. The van der Waals surface area contributed by atoms with Gasteiger partial charge in [-0.05, 0) is 77.5 Å². The lowest BCUT2D eigenvalue weighted by atomic mass is 9.98. The highest BCUT2D eigenvalue weighted by Crippen LogP contribution is 2.16. The molecular formula is C22H44N2O2. The van der Waals surface area contributed by atoms with Crippen molar-refractivity contribution < 1.29 is 9.47 Å². The third-order valence-electron chi connectivity index (χ3n) is 6.33. The summed E-state index contributed by atoms with van der Waals surface area (Å²) in [5, 5.41) is 0. The molecule has 4 unspecified atom stereocenters. The van der Waals surface area contributed by atoms with E-state index in [0.29, 0.717) is 24.0 Å². The summed E-state index contributed by atoms with van der Waals surface area (Å²) >= 11 is 0. The zero-order chi connectivity index (χ0) is 18.8. The van der Waals surface area contributed by atoms with Crippen LogP contribution in [0.2, 0.25) is 0 Å². The maximum Gasteiger partial charge on any atom is 0.0674 e. The Morgan fingerprint density at radius 1 is 0.692 bits per heavy atom. The molecule has 0 amide bonds. The first-order valence-electron chi connectivity index (χ1n) is 11.2. The molecular weight excluding hydrogens is 324 g/mol. The van der Waals surface area contributed by atoms with Crippen LogP contribution in [0, 0.1) is 11.8 Å². The molecule has 26 heavy (non-hydrogen) atoms. The Hall–Kier alpha value is -0.160. The van der Waals surface area contributed by atoms with E-state index in [9.17, 15) is 0 Å². The van der Waals surface area contributed by atoms with Crippen molar-refractivity contribution in [3.63, 3.8) is 0 Å². The molecule has 0 radical (unpaired) electrons. The molecule has 2 rings (SSSR count). The lowest BCUT2D eigenvalue weighted by molar-refractivity contribution is -0.0109. The van der Waals surface area contributed by atoms with Gasteiger partial charge in [0.1, 0.15) is 0 Å². The van der Waals surface area contributed by atoms with Crippen LogP contribution in [-0.2, 0) is 9.47 Å². The highest BCUT2D eigenvalue weighted by molar-refractivity contribution is 4.72. The van der Waals surface area contributed by atoms with E-state index in [0.717, 1.165) is 26.4 Å². The van der Waals surface area contributed by atoms with Crippen LogP contribution in [0.3, 0.4) is 0 Å². The first-order valence-corrected chi connectivity index (χ1v) is 11.2. The number of piperidine rings is 2. The van der Waals surface area contributed by atoms with Gasteiger partial charge in [0.05, 0.1) is 12.7 Å². The van der Waals surface area contributed by atoms with Crippen molar-refractivity contribution in [2.75, 3.05) is 52.5 Å². The van der Waals surface area contributed by atoms with E-state index in [2.05, 4.69) is 37.5 Å². The molecule has 2 fully saturated rings. The Bertz CT molecular complexity index is 354. The maximum absolute atomic E-state index is 6.14. The second-order valence-corrected chi connectivity index (χ2v) is 8.94. The van der Waals surface area contributed by atoms with Gasteiger partial charge in [0.2, 0.25) is 0 Å². The average Bonchev–Trinajstić information content (AvgIpc) is 2.67. The maximum atomic E-state index is 6.14. The van der Waals surface area contributed by atoms with Crippen LogP contribution in [0.25, 0.3) is 0 Å². The molecule has 2 aliphatic heterocycles. The van der Waals surface area contributed by atoms with E-state index in [4.69, 9.17) is 9.47 Å². The molecule has 0 saturated carbocycles.